The van der Waals surface area contributed by atoms with Gasteiger partial charge in [-0.2, -0.15) is 5.26 Å². The minimum atomic E-state index is -1.06. The molecule has 0 aliphatic heterocycles. The molecule has 0 unspecified atom stereocenters. The average molecular weight is 316 g/mol. The third-order valence-corrected chi connectivity index (χ3v) is 2.73. The first-order chi connectivity index (χ1) is 11.1. The number of rotatable bonds is 9. The molecule has 0 radical (unpaired) electrons. The number of anilines is 1. The lowest BCUT2D eigenvalue weighted by Gasteiger charge is -2.05. The molecule has 0 bridgehead atoms. The Morgan fingerprint density at radius 1 is 1.17 bits per heavy atom. The molecule has 0 saturated carbocycles. The third-order valence-electron chi connectivity index (χ3n) is 2.73. The summed E-state index contributed by atoms with van der Waals surface area (Å²) >= 11 is 0. The molecule has 8 nitrogen and oxygen atoms in total. The minimum absolute atomic E-state index is 0.102. The number of hydrogen-bond donors (Lipinski definition) is 4. The number of carbonyl (C=O) groups is 3. The van der Waals surface area contributed by atoms with Gasteiger partial charge in [0.1, 0.15) is 11.6 Å². The number of aromatic carboxylic acids is 1. The number of nitrogens with one attached hydrogen (secondary N) is 3. The van der Waals surface area contributed by atoms with Crippen molar-refractivity contribution in [1.29, 1.82) is 5.26 Å². The molecule has 0 atom stereocenters. The van der Waals surface area contributed by atoms with E-state index in [1.807, 2.05) is 0 Å². The average Bonchev–Trinajstić information content (AvgIpc) is 2.54. The first kappa shape index (κ1) is 17.7. The van der Waals surface area contributed by atoms with Crippen molar-refractivity contribution in [3.8, 4) is 6.07 Å². The van der Waals surface area contributed by atoms with E-state index in [0.29, 0.717) is 31.6 Å². The number of carboxylic acid groups (broad SMARTS) is 1. The Balaban J connectivity index is 2.54. The Morgan fingerprint density at radius 2 is 1.83 bits per heavy atom. The predicted octanol–water partition coefficient (Wildman–Crippen LogP) is 0.456. The Morgan fingerprint density at radius 3 is 2.39 bits per heavy atom. The Bertz CT molecular complexity index is 632. The maximum Gasteiger partial charge on any atom is 0.335 e. The van der Waals surface area contributed by atoms with Crippen LogP contribution in [0, 0.1) is 11.3 Å². The fourth-order valence-corrected chi connectivity index (χ4v) is 1.57. The van der Waals surface area contributed by atoms with Gasteiger partial charge in [-0.05, 0) is 30.7 Å². The standard InChI is InChI=1S/C15H16N4O4/c16-8-12(9-17-6-1-7-18-10-20)14(21)19-13-4-2-11(3-5-13)15(22)23/h2-5,9-10,17H,1,6-7H2,(H,18,20)(H,19,21)(H,22,23)/b12-9-. The van der Waals surface area contributed by atoms with Crippen molar-refractivity contribution in [3.63, 3.8) is 0 Å². The Labute approximate surface area is 132 Å². The number of carboxylic acids is 1. The summed E-state index contributed by atoms with van der Waals surface area (Å²) in [5, 5.41) is 25.6. The molecular formula is C15H16N4O4. The first-order valence-corrected chi connectivity index (χ1v) is 6.74. The van der Waals surface area contributed by atoms with Crippen molar-refractivity contribution < 1.29 is 19.5 Å². The highest BCUT2D eigenvalue weighted by Gasteiger charge is 2.09. The quantitative estimate of drug-likeness (QED) is 0.226. The van der Waals surface area contributed by atoms with Crippen LogP contribution in [0.15, 0.2) is 36.0 Å². The molecule has 1 aromatic carbocycles. The van der Waals surface area contributed by atoms with Crippen molar-refractivity contribution in [3.05, 3.63) is 41.6 Å². The van der Waals surface area contributed by atoms with E-state index in [2.05, 4.69) is 16.0 Å². The van der Waals surface area contributed by atoms with Crippen LogP contribution in [0.2, 0.25) is 0 Å². The number of benzene rings is 1. The maximum absolute atomic E-state index is 11.9. The number of carbonyl (C=O) groups excluding carboxylic acids is 2. The van der Waals surface area contributed by atoms with Crippen LogP contribution in [-0.4, -0.2) is 36.5 Å². The molecule has 2 amide bonds. The van der Waals surface area contributed by atoms with Gasteiger partial charge in [0.25, 0.3) is 5.91 Å². The van der Waals surface area contributed by atoms with E-state index in [-0.39, 0.29) is 11.1 Å². The van der Waals surface area contributed by atoms with E-state index in [1.165, 1.54) is 30.5 Å². The monoisotopic (exact) mass is 316 g/mol. The van der Waals surface area contributed by atoms with Crippen LogP contribution >= 0.6 is 0 Å². The molecule has 0 spiro atoms. The number of amides is 2. The van der Waals surface area contributed by atoms with E-state index in [4.69, 9.17) is 10.4 Å². The largest absolute Gasteiger partial charge is 0.478 e. The smallest absolute Gasteiger partial charge is 0.335 e. The molecule has 0 aromatic heterocycles. The van der Waals surface area contributed by atoms with Gasteiger partial charge >= 0.3 is 5.97 Å². The van der Waals surface area contributed by atoms with Crippen molar-refractivity contribution in [2.75, 3.05) is 18.4 Å². The number of hydrogen-bond acceptors (Lipinski definition) is 5. The lowest BCUT2D eigenvalue weighted by atomic mass is 10.2. The molecule has 4 N–H and O–H groups in total. The lowest BCUT2D eigenvalue weighted by Crippen LogP contribution is -2.20. The van der Waals surface area contributed by atoms with Crippen LogP contribution < -0.4 is 16.0 Å². The zero-order valence-electron chi connectivity index (χ0n) is 12.2. The van der Waals surface area contributed by atoms with Crippen molar-refractivity contribution >= 4 is 24.0 Å². The fourth-order valence-electron chi connectivity index (χ4n) is 1.57. The van der Waals surface area contributed by atoms with Gasteiger partial charge in [-0.15, -0.1) is 0 Å². The summed E-state index contributed by atoms with van der Waals surface area (Å²) in [6.07, 6.45) is 2.54. The molecule has 0 fully saturated rings. The van der Waals surface area contributed by atoms with Gasteiger partial charge in [0.2, 0.25) is 6.41 Å². The van der Waals surface area contributed by atoms with Gasteiger partial charge < -0.3 is 21.1 Å². The van der Waals surface area contributed by atoms with E-state index in [1.54, 1.807) is 6.07 Å². The summed E-state index contributed by atoms with van der Waals surface area (Å²) in [4.78, 5) is 32.7. The normalized spacial score (nSPS) is 10.3. The van der Waals surface area contributed by atoms with E-state index in [9.17, 15) is 14.4 Å². The second-order valence-electron chi connectivity index (χ2n) is 4.39. The molecule has 23 heavy (non-hydrogen) atoms. The molecule has 0 heterocycles. The second-order valence-corrected chi connectivity index (χ2v) is 4.39. The van der Waals surface area contributed by atoms with Crippen molar-refractivity contribution in [2.45, 2.75) is 6.42 Å². The van der Waals surface area contributed by atoms with E-state index < -0.39 is 11.9 Å². The molecule has 0 aliphatic rings. The van der Waals surface area contributed by atoms with Gasteiger partial charge in [0.05, 0.1) is 5.56 Å². The summed E-state index contributed by atoms with van der Waals surface area (Å²) < 4.78 is 0. The second kappa shape index (κ2) is 9.57. The van der Waals surface area contributed by atoms with Gasteiger partial charge in [-0.3, -0.25) is 9.59 Å². The highest BCUT2D eigenvalue weighted by molar-refractivity contribution is 6.06. The number of nitriles is 1. The third kappa shape index (κ3) is 6.31. The summed E-state index contributed by atoms with van der Waals surface area (Å²) in [5.74, 6) is -1.66. The molecule has 1 aromatic rings. The molecule has 0 saturated heterocycles. The molecule has 120 valence electrons. The topological polar surface area (TPSA) is 131 Å². The zero-order chi connectivity index (χ0) is 17.1. The fraction of sp³-hybridized carbons (Fsp3) is 0.200. The Hall–Kier alpha value is -3.34. The minimum Gasteiger partial charge on any atom is -0.478 e. The summed E-state index contributed by atoms with van der Waals surface area (Å²) in [6, 6.07) is 7.36. The Kier molecular flexibility index (Phi) is 7.37. The van der Waals surface area contributed by atoms with E-state index in [0.717, 1.165) is 0 Å². The van der Waals surface area contributed by atoms with Crippen LogP contribution in [0.4, 0.5) is 5.69 Å². The van der Waals surface area contributed by atoms with Crippen LogP contribution in [-0.2, 0) is 9.59 Å². The highest BCUT2D eigenvalue weighted by atomic mass is 16.4. The lowest BCUT2D eigenvalue weighted by molar-refractivity contribution is -0.112. The highest BCUT2D eigenvalue weighted by Crippen LogP contribution is 2.10. The van der Waals surface area contributed by atoms with Crippen LogP contribution in [0.3, 0.4) is 0 Å². The molecule has 8 heteroatoms. The van der Waals surface area contributed by atoms with Gasteiger partial charge in [-0.25, -0.2) is 4.79 Å². The predicted molar refractivity (Wildman–Crippen MR) is 82.4 cm³/mol. The summed E-state index contributed by atoms with van der Waals surface area (Å²) in [5.41, 5.74) is 0.372. The summed E-state index contributed by atoms with van der Waals surface area (Å²) in [7, 11) is 0. The van der Waals surface area contributed by atoms with Crippen LogP contribution in [0.5, 0.6) is 0 Å². The molecule has 1 rings (SSSR count). The maximum atomic E-state index is 11.9. The van der Waals surface area contributed by atoms with Crippen LogP contribution in [0.1, 0.15) is 16.8 Å². The first-order valence-electron chi connectivity index (χ1n) is 6.74. The summed E-state index contributed by atoms with van der Waals surface area (Å²) in [6.45, 7) is 0.987. The van der Waals surface area contributed by atoms with Gasteiger partial charge in [-0.1, -0.05) is 0 Å². The van der Waals surface area contributed by atoms with Gasteiger partial charge in [0, 0.05) is 25.0 Å². The number of nitrogens with zero attached hydrogens (tertiary/aromatic N) is 1. The van der Waals surface area contributed by atoms with Gasteiger partial charge in [0.15, 0.2) is 0 Å². The van der Waals surface area contributed by atoms with Crippen molar-refractivity contribution in [1.82, 2.24) is 10.6 Å². The molecular weight excluding hydrogens is 300 g/mol. The van der Waals surface area contributed by atoms with E-state index >= 15 is 0 Å². The SMILES string of the molecule is N#C/C(=C/NCCCNC=O)C(=O)Nc1ccc(C(=O)O)cc1. The van der Waals surface area contributed by atoms with Crippen LogP contribution in [0.25, 0.3) is 0 Å². The zero-order valence-corrected chi connectivity index (χ0v) is 12.2. The van der Waals surface area contributed by atoms with Crippen molar-refractivity contribution in [2.24, 2.45) is 0 Å². The molecule has 0 aliphatic carbocycles.